The Bertz CT molecular complexity index is 768. The molecule has 0 amide bonds. The highest BCUT2D eigenvalue weighted by atomic mass is 32.2. The zero-order chi connectivity index (χ0) is 15.4. The Morgan fingerprint density at radius 1 is 1.09 bits per heavy atom. The van der Waals surface area contributed by atoms with Gasteiger partial charge in [0.15, 0.2) is 5.78 Å². The second kappa shape index (κ2) is 6.85. The quantitative estimate of drug-likeness (QED) is 0.512. The first-order valence-corrected chi connectivity index (χ1v) is 8.70. The van der Waals surface area contributed by atoms with E-state index in [0.717, 1.165) is 21.2 Å². The third kappa shape index (κ3) is 3.43. The molecule has 0 atom stereocenters. The molecule has 0 bridgehead atoms. The fraction of sp³-hybridized carbons (Fsp3) is 0.118. The maximum Gasteiger partial charge on any atom is 0.183 e. The number of carbonyl (C=O) groups is 1. The highest BCUT2D eigenvalue weighted by Gasteiger charge is 2.09. The van der Waals surface area contributed by atoms with Crippen molar-refractivity contribution in [2.75, 3.05) is 5.75 Å². The monoisotopic (exact) mass is 326 g/mol. The molecule has 0 saturated carbocycles. The minimum atomic E-state index is 0.129. The van der Waals surface area contributed by atoms with Gasteiger partial charge in [0.05, 0.1) is 16.3 Å². The standard InChI is InChI=1S/C17H14N2OS2/c1-12-5-2-3-6-13(12)14-8-9-17(19-18-14)22-11-15(20)16-7-4-10-21-16/h2-10H,11H2,1H3. The van der Waals surface area contributed by atoms with E-state index in [1.807, 2.05) is 47.8 Å². The van der Waals surface area contributed by atoms with Crippen LogP contribution in [-0.4, -0.2) is 21.7 Å². The van der Waals surface area contributed by atoms with Crippen molar-refractivity contribution in [3.05, 3.63) is 64.4 Å². The topological polar surface area (TPSA) is 42.9 Å². The van der Waals surface area contributed by atoms with Gasteiger partial charge >= 0.3 is 0 Å². The summed E-state index contributed by atoms with van der Waals surface area (Å²) in [6.45, 7) is 2.05. The molecule has 0 aliphatic rings. The smallest absolute Gasteiger partial charge is 0.183 e. The molecule has 0 fully saturated rings. The van der Waals surface area contributed by atoms with E-state index in [4.69, 9.17) is 0 Å². The largest absolute Gasteiger partial charge is 0.292 e. The molecule has 0 saturated heterocycles. The molecular weight excluding hydrogens is 312 g/mol. The van der Waals surface area contributed by atoms with E-state index in [1.54, 1.807) is 0 Å². The van der Waals surface area contributed by atoms with Crippen LogP contribution in [0, 0.1) is 6.92 Å². The fourth-order valence-electron chi connectivity index (χ4n) is 2.05. The van der Waals surface area contributed by atoms with Crippen LogP contribution in [-0.2, 0) is 0 Å². The molecule has 3 nitrogen and oxygen atoms in total. The third-order valence-corrected chi connectivity index (χ3v) is 5.04. The number of ketones is 1. The SMILES string of the molecule is Cc1ccccc1-c1ccc(SCC(=O)c2cccs2)nn1. The van der Waals surface area contributed by atoms with Crippen molar-refractivity contribution in [2.24, 2.45) is 0 Å². The van der Waals surface area contributed by atoms with Gasteiger partial charge in [-0.05, 0) is 36.1 Å². The number of rotatable bonds is 5. The Balaban J connectivity index is 1.67. The van der Waals surface area contributed by atoms with Gasteiger partial charge in [0.2, 0.25) is 0 Å². The van der Waals surface area contributed by atoms with E-state index in [9.17, 15) is 4.79 Å². The predicted molar refractivity (Wildman–Crippen MR) is 91.6 cm³/mol. The van der Waals surface area contributed by atoms with Crippen molar-refractivity contribution in [3.8, 4) is 11.3 Å². The second-order valence-electron chi connectivity index (χ2n) is 4.76. The van der Waals surface area contributed by atoms with Gasteiger partial charge in [-0.1, -0.05) is 42.1 Å². The highest BCUT2D eigenvalue weighted by Crippen LogP contribution is 2.23. The maximum absolute atomic E-state index is 12.0. The van der Waals surface area contributed by atoms with Crippen molar-refractivity contribution in [1.29, 1.82) is 0 Å². The molecule has 3 rings (SSSR count). The lowest BCUT2D eigenvalue weighted by Crippen LogP contribution is -2.00. The minimum Gasteiger partial charge on any atom is -0.292 e. The molecule has 0 aliphatic carbocycles. The lowest BCUT2D eigenvalue weighted by atomic mass is 10.1. The van der Waals surface area contributed by atoms with E-state index in [2.05, 4.69) is 23.2 Å². The van der Waals surface area contributed by atoms with E-state index < -0.39 is 0 Å². The van der Waals surface area contributed by atoms with Gasteiger partial charge in [0.25, 0.3) is 0 Å². The van der Waals surface area contributed by atoms with Gasteiger partial charge in [-0.3, -0.25) is 4.79 Å². The van der Waals surface area contributed by atoms with Gasteiger partial charge in [0, 0.05) is 5.56 Å². The third-order valence-electron chi connectivity index (χ3n) is 3.21. The summed E-state index contributed by atoms with van der Waals surface area (Å²) in [4.78, 5) is 12.7. The molecule has 0 aliphatic heterocycles. The molecule has 5 heteroatoms. The summed E-state index contributed by atoms with van der Waals surface area (Å²) in [6.07, 6.45) is 0. The molecule has 0 radical (unpaired) electrons. The Labute approximate surface area is 137 Å². The van der Waals surface area contributed by atoms with E-state index in [-0.39, 0.29) is 5.78 Å². The van der Waals surface area contributed by atoms with Crippen LogP contribution < -0.4 is 0 Å². The minimum absolute atomic E-state index is 0.129. The summed E-state index contributed by atoms with van der Waals surface area (Å²) in [6, 6.07) is 15.7. The lowest BCUT2D eigenvalue weighted by molar-refractivity contribution is 0.102. The first-order chi connectivity index (χ1) is 10.7. The molecule has 2 aromatic heterocycles. The van der Waals surface area contributed by atoms with Crippen LogP contribution in [0.15, 0.2) is 58.9 Å². The molecule has 22 heavy (non-hydrogen) atoms. The van der Waals surface area contributed by atoms with E-state index in [1.165, 1.54) is 28.7 Å². The van der Waals surface area contributed by atoms with Crippen LogP contribution in [0.5, 0.6) is 0 Å². The average molecular weight is 326 g/mol. The Hall–Kier alpha value is -1.98. The highest BCUT2D eigenvalue weighted by molar-refractivity contribution is 7.99. The van der Waals surface area contributed by atoms with Gasteiger partial charge in [-0.2, -0.15) is 0 Å². The molecule has 2 heterocycles. The summed E-state index contributed by atoms with van der Waals surface area (Å²) in [7, 11) is 0. The molecule has 110 valence electrons. The van der Waals surface area contributed by atoms with Crippen LogP contribution in [0.3, 0.4) is 0 Å². The number of hydrogen-bond donors (Lipinski definition) is 0. The number of carbonyl (C=O) groups excluding carboxylic acids is 1. The lowest BCUT2D eigenvalue weighted by Gasteiger charge is -2.04. The van der Waals surface area contributed by atoms with Crippen molar-refractivity contribution < 1.29 is 4.79 Å². The summed E-state index contributed by atoms with van der Waals surface area (Å²) in [5, 5.41) is 11.2. The summed E-state index contributed by atoms with van der Waals surface area (Å²) in [5.41, 5.74) is 3.11. The first kappa shape index (κ1) is 14.9. The van der Waals surface area contributed by atoms with Crippen molar-refractivity contribution in [2.45, 2.75) is 11.9 Å². The Morgan fingerprint density at radius 3 is 2.64 bits per heavy atom. The summed E-state index contributed by atoms with van der Waals surface area (Å²) in [5.74, 6) is 0.517. The van der Waals surface area contributed by atoms with Gasteiger partial charge in [-0.15, -0.1) is 21.5 Å². The molecule has 1 aromatic carbocycles. The first-order valence-electron chi connectivity index (χ1n) is 6.83. The van der Waals surface area contributed by atoms with Crippen molar-refractivity contribution >= 4 is 28.9 Å². The second-order valence-corrected chi connectivity index (χ2v) is 6.70. The number of Topliss-reactive ketones (excluding diaryl/α,β-unsaturated/α-hetero) is 1. The molecule has 0 unspecified atom stereocenters. The molecule has 3 aromatic rings. The summed E-state index contributed by atoms with van der Waals surface area (Å²) >= 11 is 2.89. The number of thioether (sulfide) groups is 1. The average Bonchev–Trinajstić information content (AvgIpc) is 3.08. The maximum atomic E-state index is 12.0. The normalized spacial score (nSPS) is 10.6. The molecular formula is C17H14N2OS2. The van der Waals surface area contributed by atoms with Crippen molar-refractivity contribution in [3.63, 3.8) is 0 Å². The number of aromatic nitrogens is 2. The van der Waals surface area contributed by atoms with Crippen LogP contribution in [0.4, 0.5) is 0 Å². The number of nitrogens with zero attached hydrogens (tertiary/aromatic N) is 2. The zero-order valence-corrected chi connectivity index (χ0v) is 13.7. The summed E-state index contributed by atoms with van der Waals surface area (Å²) < 4.78 is 0. The van der Waals surface area contributed by atoms with E-state index >= 15 is 0 Å². The predicted octanol–water partition coefficient (Wildman–Crippen LogP) is 4.49. The number of hydrogen-bond acceptors (Lipinski definition) is 5. The van der Waals surface area contributed by atoms with E-state index in [0.29, 0.717) is 5.75 Å². The number of benzene rings is 1. The van der Waals surface area contributed by atoms with Crippen LogP contribution >= 0.6 is 23.1 Å². The zero-order valence-electron chi connectivity index (χ0n) is 12.0. The van der Waals surface area contributed by atoms with Gasteiger partial charge < -0.3 is 0 Å². The Kier molecular flexibility index (Phi) is 4.65. The molecule has 0 spiro atoms. The number of aryl methyl sites for hydroxylation is 1. The van der Waals surface area contributed by atoms with Crippen LogP contribution in [0.1, 0.15) is 15.2 Å². The van der Waals surface area contributed by atoms with Gasteiger partial charge in [-0.25, -0.2) is 0 Å². The number of thiophene rings is 1. The van der Waals surface area contributed by atoms with Gasteiger partial charge in [0.1, 0.15) is 5.03 Å². The van der Waals surface area contributed by atoms with Crippen LogP contribution in [0.25, 0.3) is 11.3 Å². The fourth-order valence-corrected chi connectivity index (χ4v) is 3.50. The Morgan fingerprint density at radius 2 is 1.95 bits per heavy atom. The molecule has 0 N–H and O–H groups in total. The van der Waals surface area contributed by atoms with Crippen molar-refractivity contribution in [1.82, 2.24) is 10.2 Å². The van der Waals surface area contributed by atoms with Crippen LogP contribution in [0.2, 0.25) is 0 Å².